The molecule has 2 unspecified atom stereocenters. The van der Waals surface area contributed by atoms with Crippen molar-refractivity contribution in [3.8, 4) is 0 Å². The number of benzene rings is 2. The fourth-order valence-electron chi connectivity index (χ4n) is 5.67. The van der Waals surface area contributed by atoms with Gasteiger partial charge < -0.3 is 10.4 Å². The van der Waals surface area contributed by atoms with Crippen molar-refractivity contribution in [3.05, 3.63) is 58.6 Å². The maximum atomic E-state index is 11.0. The van der Waals surface area contributed by atoms with Gasteiger partial charge in [-0.15, -0.1) is 0 Å². The summed E-state index contributed by atoms with van der Waals surface area (Å²) in [7, 11) is 0. The molecule has 2 fully saturated rings. The van der Waals surface area contributed by atoms with Crippen LogP contribution in [0.4, 0.5) is 11.4 Å². The minimum atomic E-state index is -0.922. The van der Waals surface area contributed by atoms with Crippen LogP contribution in [-0.2, 0) is 5.41 Å². The number of fused-ring (bicyclic) bond motifs is 2. The van der Waals surface area contributed by atoms with Gasteiger partial charge >= 0.3 is 5.97 Å². The number of halogens is 1. The molecular weight excluding hydrogens is 370 g/mol. The summed E-state index contributed by atoms with van der Waals surface area (Å²) >= 11 is 6.63. The molecule has 28 heavy (non-hydrogen) atoms. The fourth-order valence-corrected chi connectivity index (χ4v) is 5.90. The van der Waals surface area contributed by atoms with E-state index >= 15 is 0 Å². The summed E-state index contributed by atoms with van der Waals surface area (Å²) in [4.78, 5) is 11.0. The van der Waals surface area contributed by atoms with Crippen LogP contribution < -0.4 is 5.32 Å². The minimum Gasteiger partial charge on any atom is -0.478 e. The normalized spacial score (nSPS) is 29.3. The number of anilines is 2. The molecule has 4 heteroatoms. The van der Waals surface area contributed by atoms with Crippen LogP contribution in [0.3, 0.4) is 0 Å². The minimum absolute atomic E-state index is 0.207. The molecule has 0 spiro atoms. The zero-order valence-corrected chi connectivity index (χ0v) is 17.3. The van der Waals surface area contributed by atoms with Gasteiger partial charge in [-0.2, -0.15) is 0 Å². The predicted molar refractivity (Wildman–Crippen MR) is 115 cm³/mol. The SMILES string of the molecule is CC1CC2CC(C1)CC(C)(c1ccc(Nc3ccc(C(=O)O)cc3)c(Cl)c1)C2. The third-order valence-electron chi connectivity index (χ3n) is 6.69. The molecule has 3 nitrogen and oxygen atoms in total. The third-order valence-corrected chi connectivity index (χ3v) is 7.01. The number of aromatic carboxylic acids is 1. The molecule has 2 bridgehead atoms. The Kier molecular flexibility index (Phi) is 5.13. The number of nitrogens with one attached hydrogen (secondary N) is 1. The highest BCUT2D eigenvalue weighted by molar-refractivity contribution is 6.33. The molecule has 2 aliphatic rings. The third kappa shape index (κ3) is 3.91. The maximum absolute atomic E-state index is 11.0. The molecule has 2 saturated carbocycles. The molecule has 0 aromatic heterocycles. The van der Waals surface area contributed by atoms with Gasteiger partial charge in [-0.1, -0.05) is 31.5 Å². The first kappa shape index (κ1) is 19.3. The van der Waals surface area contributed by atoms with Crippen LogP contribution in [0.1, 0.15) is 61.9 Å². The molecule has 0 aliphatic heterocycles. The Bertz CT molecular complexity index is 859. The smallest absolute Gasteiger partial charge is 0.335 e. The average molecular weight is 398 g/mol. The van der Waals surface area contributed by atoms with E-state index in [0.29, 0.717) is 5.02 Å². The Hall–Kier alpha value is -2.00. The number of hydrogen-bond donors (Lipinski definition) is 2. The van der Waals surface area contributed by atoms with E-state index in [1.165, 1.54) is 37.7 Å². The Morgan fingerprint density at radius 3 is 2.29 bits per heavy atom. The first-order valence-electron chi connectivity index (χ1n) is 10.2. The number of rotatable bonds is 4. The largest absolute Gasteiger partial charge is 0.478 e. The second-order valence-electron chi connectivity index (χ2n) is 9.22. The molecule has 2 aromatic carbocycles. The summed E-state index contributed by atoms with van der Waals surface area (Å²) in [6.07, 6.45) is 6.65. The Labute approximate surface area is 172 Å². The summed E-state index contributed by atoms with van der Waals surface area (Å²) in [5.41, 5.74) is 3.50. The molecule has 2 N–H and O–H groups in total. The molecule has 2 aliphatic carbocycles. The Balaban J connectivity index is 1.52. The van der Waals surface area contributed by atoms with Gasteiger partial charge in [0.25, 0.3) is 0 Å². The van der Waals surface area contributed by atoms with Gasteiger partial charge in [-0.3, -0.25) is 0 Å². The topological polar surface area (TPSA) is 49.3 Å². The number of hydrogen-bond acceptors (Lipinski definition) is 2. The lowest BCUT2D eigenvalue weighted by atomic mass is 9.57. The summed E-state index contributed by atoms with van der Waals surface area (Å²) in [6.45, 7) is 4.81. The lowest BCUT2D eigenvalue weighted by Gasteiger charge is -2.47. The molecule has 2 atom stereocenters. The summed E-state index contributed by atoms with van der Waals surface area (Å²) in [6, 6.07) is 13.1. The van der Waals surface area contributed by atoms with Crippen molar-refractivity contribution in [2.24, 2.45) is 17.8 Å². The van der Waals surface area contributed by atoms with Gasteiger partial charge in [0.05, 0.1) is 16.3 Å². The van der Waals surface area contributed by atoms with E-state index < -0.39 is 5.97 Å². The van der Waals surface area contributed by atoms with Crippen molar-refractivity contribution < 1.29 is 9.90 Å². The zero-order chi connectivity index (χ0) is 19.9. The Morgan fingerprint density at radius 2 is 1.71 bits per heavy atom. The van der Waals surface area contributed by atoms with Gasteiger partial charge in [-0.25, -0.2) is 4.79 Å². The van der Waals surface area contributed by atoms with Crippen molar-refractivity contribution in [2.45, 2.75) is 51.4 Å². The van der Waals surface area contributed by atoms with Crippen LogP contribution in [0, 0.1) is 17.8 Å². The van der Waals surface area contributed by atoms with E-state index in [2.05, 4.69) is 37.4 Å². The van der Waals surface area contributed by atoms with Crippen LogP contribution in [0.2, 0.25) is 5.02 Å². The Morgan fingerprint density at radius 1 is 1.07 bits per heavy atom. The lowest BCUT2D eigenvalue weighted by Crippen LogP contribution is -2.38. The fraction of sp³-hybridized carbons (Fsp3) is 0.458. The first-order chi connectivity index (χ1) is 13.3. The van der Waals surface area contributed by atoms with E-state index in [0.717, 1.165) is 29.1 Å². The van der Waals surface area contributed by atoms with E-state index in [1.54, 1.807) is 24.3 Å². The van der Waals surface area contributed by atoms with Gasteiger partial charge in [0.2, 0.25) is 0 Å². The van der Waals surface area contributed by atoms with Crippen molar-refractivity contribution in [1.29, 1.82) is 0 Å². The first-order valence-corrected chi connectivity index (χ1v) is 10.6. The quantitative estimate of drug-likeness (QED) is 0.590. The molecule has 148 valence electrons. The van der Waals surface area contributed by atoms with Gasteiger partial charge in [0.1, 0.15) is 0 Å². The van der Waals surface area contributed by atoms with Crippen LogP contribution >= 0.6 is 11.6 Å². The molecule has 4 rings (SSSR count). The van der Waals surface area contributed by atoms with Gasteiger partial charge in [0.15, 0.2) is 0 Å². The summed E-state index contributed by atoms with van der Waals surface area (Å²) in [5.74, 6) is 1.64. The standard InChI is InChI=1S/C24H28ClNO2/c1-15-9-16-11-17(10-15)14-24(2,13-16)19-5-8-22(21(25)12-19)26-20-6-3-18(4-7-20)23(27)28/h3-8,12,15-17,26H,9-11,13-14H2,1-2H3,(H,27,28). The van der Waals surface area contributed by atoms with Crippen molar-refractivity contribution in [1.82, 2.24) is 0 Å². The van der Waals surface area contributed by atoms with E-state index in [-0.39, 0.29) is 11.0 Å². The predicted octanol–water partition coefficient (Wildman–Crippen LogP) is 6.89. The molecule has 0 amide bonds. The lowest BCUT2D eigenvalue weighted by molar-refractivity contribution is 0.0697. The highest BCUT2D eigenvalue weighted by Crippen LogP contribution is 2.51. The van der Waals surface area contributed by atoms with Gasteiger partial charge in [-0.05, 0) is 97.2 Å². The number of carbonyl (C=O) groups is 1. The van der Waals surface area contributed by atoms with E-state index in [1.807, 2.05) is 0 Å². The van der Waals surface area contributed by atoms with Crippen LogP contribution in [-0.4, -0.2) is 11.1 Å². The molecule has 0 saturated heterocycles. The highest BCUT2D eigenvalue weighted by atomic mass is 35.5. The average Bonchev–Trinajstić information content (AvgIpc) is 2.62. The summed E-state index contributed by atoms with van der Waals surface area (Å²) < 4.78 is 0. The van der Waals surface area contributed by atoms with Crippen LogP contribution in [0.25, 0.3) is 0 Å². The van der Waals surface area contributed by atoms with Crippen molar-refractivity contribution in [3.63, 3.8) is 0 Å². The van der Waals surface area contributed by atoms with Crippen molar-refractivity contribution in [2.75, 3.05) is 5.32 Å². The second-order valence-corrected chi connectivity index (χ2v) is 9.62. The van der Waals surface area contributed by atoms with E-state index in [9.17, 15) is 4.79 Å². The molecule has 0 radical (unpaired) electrons. The summed E-state index contributed by atoms with van der Waals surface area (Å²) in [5, 5.41) is 13.0. The van der Waals surface area contributed by atoms with Gasteiger partial charge in [0, 0.05) is 5.69 Å². The zero-order valence-electron chi connectivity index (χ0n) is 16.5. The van der Waals surface area contributed by atoms with Crippen molar-refractivity contribution >= 4 is 28.9 Å². The number of carboxylic acids is 1. The highest BCUT2D eigenvalue weighted by Gasteiger charge is 2.41. The monoisotopic (exact) mass is 397 g/mol. The molecule has 2 aromatic rings. The maximum Gasteiger partial charge on any atom is 0.335 e. The molecular formula is C24H28ClNO2. The van der Waals surface area contributed by atoms with E-state index in [4.69, 9.17) is 16.7 Å². The van der Waals surface area contributed by atoms with Crippen LogP contribution in [0.15, 0.2) is 42.5 Å². The number of carboxylic acid groups (broad SMARTS) is 1. The second kappa shape index (κ2) is 7.44. The molecule has 0 heterocycles. The van der Waals surface area contributed by atoms with Crippen LogP contribution in [0.5, 0.6) is 0 Å².